The Hall–Kier alpha value is -2.88. The molecule has 0 saturated carbocycles. The van der Waals surface area contributed by atoms with Crippen LogP contribution in [0.4, 0.5) is 10.5 Å². The molecule has 14 heteroatoms. The Morgan fingerprint density at radius 3 is 2.27 bits per heavy atom. The number of unbranched alkanes of at least 4 members (excludes halogenated alkanes) is 2. The fraction of sp³-hybridized carbons (Fsp3) is 0.579. The second-order valence-corrected chi connectivity index (χ2v) is 7.28. The molecule has 4 atom stereocenters. The first-order chi connectivity index (χ1) is 15.8. The Kier molecular flexibility index (Phi) is 8.87. The highest BCUT2D eigenvalue weighted by Gasteiger charge is 2.51. The van der Waals surface area contributed by atoms with Gasteiger partial charge in [-0.05, 0) is 25.0 Å². The summed E-state index contributed by atoms with van der Waals surface area (Å²) in [6.45, 7) is 0.227. The summed E-state index contributed by atoms with van der Waals surface area (Å²) in [6, 6.07) is 4.94. The van der Waals surface area contributed by atoms with Gasteiger partial charge in [0.05, 0.1) is 30.1 Å². The van der Waals surface area contributed by atoms with Crippen LogP contribution in [0, 0.1) is 10.1 Å². The molecule has 33 heavy (non-hydrogen) atoms. The molecule has 14 nitrogen and oxygen atoms in total. The summed E-state index contributed by atoms with van der Waals surface area (Å²) >= 11 is 0. The molecule has 0 bridgehead atoms. The predicted octanol–water partition coefficient (Wildman–Crippen LogP) is 1.76. The third-order valence-corrected chi connectivity index (χ3v) is 4.97. The quantitative estimate of drug-likeness (QED) is 0.157. The lowest BCUT2D eigenvalue weighted by Gasteiger charge is -2.17. The molecule has 182 valence electrons. The summed E-state index contributed by atoms with van der Waals surface area (Å²) in [4.78, 5) is 38.6. The number of nitro groups is 1. The van der Waals surface area contributed by atoms with Crippen LogP contribution in [-0.4, -0.2) is 77.1 Å². The number of hydrogen-bond acceptors (Lipinski definition) is 13. The first kappa shape index (κ1) is 24.8. The van der Waals surface area contributed by atoms with E-state index in [2.05, 4.69) is 4.84 Å². The minimum Gasteiger partial charge on any atom is -0.457 e. The Morgan fingerprint density at radius 2 is 1.67 bits per heavy atom. The van der Waals surface area contributed by atoms with Gasteiger partial charge < -0.3 is 23.7 Å². The third kappa shape index (κ3) is 7.31. The number of benzene rings is 1. The zero-order valence-corrected chi connectivity index (χ0v) is 17.4. The molecule has 2 aliphatic rings. The molecule has 1 aromatic carbocycles. The number of hydrogen-bond donors (Lipinski definition) is 2. The molecule has 2 fully saturated rings. The number of rotatable bonds is 11. The van der Waals surface area contributed by atoms with Crippen molar-refractivity contribution in [2.45, 2.75) is 50.1 Å². The van der Waals surface area contributed by atoms with Gasteiger partial charge in [-0.1, -0.05) is 6.42 Å². The highest BCUT2D eigenvalue weighted by Crippen LogP contribution is 2.31. The van der Waals surface area contributed by atoms with E-state index in [4.69, 9.17) is 34.1 Å². The molecule has 3 rings (SSSR count). The van der Waals surface area contributed by atoms with E-state index in [0.29, 0.717) is 19.3 Å². The molecule has 0 aromatic heterocycles. The molecule has 0 spiro atoms. The van der Waals surface area contributed by atoms with Gasteiger partial charge in [-0.2, -0.15) is 0 Å². The third-order valence-electron chi connectivity index (χ3n) is 4.97. The number of carbonyl (C=O) groups is 2. The van der Waals surface area contributed by atoms with Crippen molar-refractivity contribution in [1.82, 2.24) is 5.39 Å². The molecule has 2 saturated heterocycles. The van der Waals surface area contributed by atoms with E-state index in [1.54, 1.807) is 0 Å². The number of fused-ring (bicyclic) bond motifs is 1. The Labute approximate surface area is 187 Å². The van der Waals surface area contributed by atoms with Crippen LogP contribution in [0.25, 0.3) is 0 Å². The summed E-state index contributed by atoms with van der Waals surface area (Å²) in [5.41, 5.74) is -0.142. The van der Waals surface area contributed by atoms with Gasteiger partial charge in [0.1, 0.15) is 18.0 Å². The molecular formula is C19H24N2O12. The van der Waals surface area contributed by atoms with Crippen molar-refractivity contribution in [3.8, 4) is 5.75 Å². The number of ether oxygens (including phenoxy) is 5. The van der Waals surface area contributed by atoms with E-state index in [9.17, 15) is 19.7 Å². The lowest BCUT2D eigenvalue weighted by atomic mass is 10.1. The summed E-state index contributed by atoms with van der Waals surface area (Å²) in [5, 5.41) is 27.1. The van der Waals surface area contributed by atoms with Crippen molar-refractivity contribution in [2.75, 3.05) is 19.8 Å². The SMILES string of the molecule is O=C(CCCCCON(O)O)O[C@@H]1CO[C@H]2[C@@H]1OC[C@H]2OC(=O)Oc1ccc([N+](=O)[O-])cc1. The molecule has 0 unspecified atom stereocenters. The smallest absolute Gasteiger partial charge is 0.457 e. The average Bonchev–Trinajstić information content (AvgIpc) is 3.34. The van der Waals surface area contributed by atoms with Crippen LogP contribution in [0.5, 0.6) is 5.75 Å². The zero-order valence-electron chi connectivity index (χ0n) is 17.4. The molecule has 1 aromatic rings. The molecule has 2 heterocycles. The summed E-state index contributed by atoms with van der Waals surface area (Å²) < 4.78 is 26.9. The van der Waals surface area contributed by atoms with Crippen molar-refractivity contribution < 1.29 is 53.4 Å². The average molecular weight is 472 g/mol. The van der Waals surface area contributed by atoms with Crippen LogP contribution in [0.1, 0.15) is 25.7 Å². The van der Waals surface area contributed by atoms with Crippen molar-refractivity contribution >= 4 is 17.8 Å². The van der Waals surface area contributed by atoms with E-state index < -0.39 is 41.5 Å². The number of nitrogens with zero attached hydrogens (tertiary/aromatic N) is 2. The zero-order chi connectivity index (χ0) is 23.8. The Morgan fingerprint density at radius 1 is 1.03 bits per heavy atom. The molecule has 0 aliphatic carbocycles. The van der Waals surface area contributed by atoms with Gasteiger partial charge in [0.2, 0.25) is 0 Å². The van der Waals surface area contributed by atoms with E-state index in [-0.39, 0.29) is 43.1 Å². The molecular weight excluding hydrogens is 448 g/mol. The lowest BCUT2D eigenvalue weighted by Crippen LogP contribution is -2.36. The second-order valence-electron chi connectivity index (χ2n) is 7.28. The molecule has 0 amide bonds. The minimum atomic E-state index is -1.02. The summed E-state index contributed by atoms with van der Waals surface area (Å²) in [6.07, 6.45) is -1.77. The van der Waals surface area contributed by atoms with Crippen LogP contribution in [-0.2, 0) is 28.6 Å². The van der Waals surface area contributed by atoms with Crippen molar-refractivity contribution in [1.29, 1.82) is 0 Å². The first-order valence-electron chi connectivity index (χ1n) is 10.2. The van der Waals surface area contributed by atoms with Gasteiger partial charge in [-0.15, -0.1) is 0 Å². The van der Waals surface area contributed by atoms with Gasteiger partial charge in [0.25, 0.3) is 5.69 Å². The van der Waals surface area contributed by atoms with Gasteiger partial charge in [-0.3, -0.25) is 30.2 Å². The van der Waals surface area contributed by atoms with E-state index in [1.165, 1.54) is 24.3 Å². The van der Waals surface area contributed by atoms with Crippen LogP contribution < -0.4 is 4.74 Å². The normalized spacial score (nSPS) is 23.8. The topological polar surface area (TPSA) is 176 Å². The summed E-state index contributed by atoms with van der Waals surface area (Å²) in [5.74, 6) is -0.349. The Balaban J connectivity index is 1.37. The monoisotopic (exact) mass is 472 g/mol. The van der Waals surface area contributed by atoms with Crippen LogP contribution in [0.2, 0.25) is 0 Å². The maximum Gasteiger partial charge on any atom is 0.514 e. The Bertz CT molecular complexity index is 817. The number of nitro benzene ring substituents is 1. The van der Waals surface area contributed by atoms with Crippen molar-refractivity contribution in [3.05, 3.63) is 34.4 Å². The van der Waals surface area contributed by atoms with Gasteiger partial charge >= 0.3 is 12.1 Å². The molecule has 0 radical (unpaired) electrons. The maximum absolute atomic E-state index is 12.1. The van der Waals surface area contributed by atoms with Crippen molar-refractivity contribution in [2.24, 2.45) is 0 Å². The van der Waals surface area contributed by atoms with Crippen LogP contribution >= 0.6 is 0 Å². The number of carbonyl (C=O) groups excluding carboxylic acids is 2. The fourth-order valence-electron chi connectivity index (χ4n) is 3.43. The summed E-state index contributed by atoms with van der Waals surface area (Å²) in [7, 11) is 0. The van der Waals surface area contributed by atoms with Crippen molar-refractivity contribution in [3.63, 3.8) is 0 Å². The number of non-ortho nitro benzene ring substituents is 1. The molecule has 2 aliphatic heterocycles. The van der Waals surface area contributed by atoms with E-state index in [0.717, 1.165) is 0 Å². The molecule has 2 N–H and O–H groups in total. The van der Waals surface area contributed by atoms with Gasteiger partial charge in [-0.25, -0.2) is 4.79 Å². The highest BCUT2D eigenvalue weighted by molar-refractivity contribution is 5.69. The maximum atomic E-state index is 12.1. The predicted molar refractivity (Wildman–Crippen MR) is 103 cm³/mol. The number of esters is 1. The van der Waals surface area contributed by atoms with Crippen LogP contribution in [0.15, 0.2) is 24.3 Å². The second kappa shape index (κ2) is 11.8. The van der Waals surface area contributed by atoms with Gasteiger partial charge in [0.15, 0.2) is 12.2 Å². The first-order valence-corrected chi connectivity index (χ1v) is 10.2. The lowest BCUT2D eigenvalue weighted by molar-refractivity contribution is -0.492. The fourth-order valence-corrected chi connectivity index (χ4v) is 3.43. The van der Waals surface area contributed by atoms with E-state index in [1.807, 2.05) is 0 Å². The van der Waals surface area contributed by atoms with Crippen LogP contribution in [0.3, 0.4) is 0 Å². The minimum absolute atomic E-state index is 0.0332. The standard InChI is InChI=1S/C19H24N2O12/c22-16(4-2-1-3-9-30-21(26)27)32-14-10-28-18-15(11-29-17(14)18)33-19(23)31-13-7-5-12(6-8-13)20(24)25/h5-8,14-15,17-18,26-27H,1-4,9-11H2/t14-,15-,17-,18-/m1/s1. The van der Waals surface area contributed by atoms with E-state index >= 15 is 0 Å². The largest absolute Gasteiger partial charge is 0.514 e. The van der Waals surface area contributed by atoms with Gasteiger partial charge in [0, 0.05) is 18.6 Å². The highest BCUT2D eigenvalue weighted by atomic mass is 17.1.